The Morgan fingerprint density at radius 3 is 2.68 bits per heavy atom. The molecule has 0 amide bonds. The van der Waals surface area contributed by atoms with Gasteiger partial charge in [0.2, 0.25) is 0 Å². The number of nitrogens with zero attached hydrogens (tertiary/aromatic N) is 1. The number of carbonyl (C=O) groups excluding carboxylic acids is 1. The summed E-state index contributed by atoms with van der Waals surface area (Å²) in [6.07, 6.45) is 3.97. The highest BCUT2D eigenvalue weighted by atomic mass is 35.5. The van der Waals surface area contributed by atoms with Crippen molar-refractivity contribution in [2.45, 2.75) is 30.3 Å². The number of aromatic nitrogens is 2. The fourth-order valence-corrected chi connectivity index (χ4v) is 4.03. The molecular formula is C18H16ClN3O2S. The van der Waals surface area contributed by atoms with Gasteiger partial charge in [0, 0.05) is 28.6 Å². The highest BCUT2D eigenvalue weighted by Gasteiger charge is 2.37. The summed E-state index contributed by atoms with van der Waals surface area (Å²) in [5, 5.41) is 4.41. The molecule has 1 atom stereocenters. The molecule has 2 aliphatic rings. The van der Waals surface area contributed by atoms with E-state index in [1.807, 2.05) is 18.4 Å². The Morgan fingerprint density at radius 1 is 1.20 bits per heavy atom. The molecule has 4 rings (SSSR count). The number of thioether (sulfide) groups is 1. The zero-order valence-electron chi connectivity index (χ0n) is 13.6. The third kappa shape index (κ3) is 2.79. The van der Waals surface area contributed by atoms with E-state index in [0.29, 0.717) is 33.6 Å². The molecule has 1 aromatic heterocycles. The summed E-state index contributed by atoms with van der Waals surface area (Å²) in [4.78, 5) is 32.8. The molecule has 0 bridgehead atoms. The minimum atomic E-state index is -0.413. The minimum absolute atomic E-state index is 0.0905. The zero-order chi connectivity index (χ0) is 17.6. The van der Waals surface area contributed by atoms with Gasteiger partial charge in [-0.2, -0.15) is 0 Å². The van der Waals surface area contributed by atoms with Crippen molar-refractivity contribution in [1.29, 1.82) is 0 Å². The first-order valence-corrected chi connectivity index (χ1v) is 9.65. The number of fused-ring (bicyclic) bond motifs is 1. The van der Waals surface area contributed by atoms with Gasteiger partial charge in [0.25, 0.3) is 5.56 Å². The van der Waals surface area contributed by atoms with Gasteiger partial charge >= 0.3 is 0 Å². The van der Waals surface area contributed by atoms with Crippen LogP contribution >= 0.6 is 23.4 Å². The van der Waals surface area contributed by atoms with Crippen molar-refractivity contribution in [1.82, 2.24) is 9.97 Å². The van der Waals surface area contributed by atoms with Crippen molar-refractivity contribution < 1.29 is 4.79 Å². The van der Waals surface area contributed by atoms with Crippen LogP contribution in [0.15, 0.2) is 45.5 Å². The topological polar surface area (TPSA) is 74.8 Å². The van der Waals surface area contributed by atoms with Gasteiger partial charge in [-0.25, -0.2) is 4.98 Å². The van der Waals surface area contributed by atoms with E-state index in [2.05, 4.69) is 15.3 Å². The SMILES string of the molecule is CSc1nc2c(c(=O)[nH]1)C(c1ccc(Cl)cc1)C1=C(CCCC1=O)N2. The number of hydrogen-bond acceptors (Lipinski definition) is 5. The molecule has 1 aliphatic carbocycles. The first-order valence-electron chi connectivity index (χ1n) is 8.05. The maximum atomic E-state index is 12.8. The van der Waals surface area contributed by atoms with Gasteiger partial charge in [-0.1, -0.05) is 35.5 Å². The lowest BCUT2D eigenvalue weighted by Crippen LogP contribution is -2.32. The molecule has 5 nitrogen and oxygen atoms in total. The highest BCUT2D eigenvalue weighted by molar-refractivity contribution is 7.98. The number of halogens is 1. The van der Waals surface area contributed by atoms with Crippen LogP contribution in [0, 0.1) is 0 Å². The molecule has 1 unspecified atom stereocenters. The lowest BCUT2D eigenvalue weighted by molar-refractivity contribution is -0.116. The van der Waals surface area contributed by atoms with Crippen LogP contribution in [-0.4, -0.2) is 22.0 Å². The van der Waals surface area contributed by atoms with Crippen molar-refractivity contribution in [3.8, 4) is 0 Å². The average molecular weight is 374 g/mol. The lowest BCUT2D eigenvalue weighted by Gasteiger charge is -2.32. The van der Waals surface area contributed by atoms with Crippen molar-refractivity contribution in [2.75, 3.05) is 11.6 Å². The van der Waals surface area contributed by atoms with Crippen LogP contribution in [0.1, 0.15) is 36.3 Å². The molecule has 2 N–H and O–H groups in total. The van der Waals surface area contributed by atoms with Crippen LogP contribution in [0.25, 0.3) is 0 Å². The van der Waals surface area contributed by atoms with Crippen molar-refractivity contribution >= 4 is 35.0 Å². The number of anilines is 1. The van der Waals surface area contributed by atoms with E-state index >= 15 is 0 Å². The second kappa shape index (κ2) is 6.35. The lowest BCUT2D eigenvalue weighted by atomic mass is 9.76. The maximum absolute atomic E-state index is 12.8. The first kappa shape index (κ1) is 16.4. The van der Waals surface area contributed by atoms with Crippen LogP contribution in [0.4, 0.5) is 5.82 Å². The summed E-state index contributed by atoms with van der Waals surface area (Å²) in [5.41, 5.74) is 2.72. The smallest absolute Gasteiger partial charge is 0.257 e. The van der Waals surface area contributed by atoms with Gasteiger partial charge in [-0.15, -0.1) is 0 Å². The summed E-state index contributed by atoms with van der Waals surface area (Å²) in [7, 11) is 0. The van der Waals surface area contributed by atoms with Gasteiger partial charge in [0.15, 0.2) is 10.9 Å². The summed E-state index contributed by atoms with van der Waals surface area (Å²) >= 11 is 7.39. The van der Waals surface area contributed by atoms with E-state index in [9.17, 15) is 9.59 Å². The Hall–Kier alpha value is -2.05. The number of aromatic amines is 1. The molecule has 1 aromatic carbocycles. The molecule has 0 saturated heterocycles. The quantitative estimate of drug-likeness (QED) is 0.620. The van der Waals surface area contributed by atoms with Gasteiger partial charge in [0.05, 0.1) is 5.56 Å². The van der Waals surface area contributed by atoms with Crippen molar-refractivity contribution in [3.05, 3.63) is 62.0 Å². The molecule has 128 valence electrons. The molecule has 7 heteroatoms. The van der Waals surface area contributed by atoms with Crippen LogP contribution in [0.3, 0.4) is 0 Å². The minimum Gasteiger partial charge on any atom is -0.343 e. The third-order valence-electron chi connectivity index (χ3n) is 4.63. The Bertz CT molecular complexity index is 950. The molecular weight excluding hydrogens is 358 g/mol. The third-order valence-corrected chi connectivity index (χ3v) is 5.47. The van der Waals surface area contributed by atoms with Crippen LogP contribution in [0.5, 0.6) is 0 Å². The Kier molecular flexibility index (Phi) is 4.17. The molecule has 2 aromatic rings. The van der Waals surface area contributed by atoms with Gasteiger partial charge in [-0.05, 0) is 36.8 Å². The standard InChI is InChI=1S/C18H16ClN3O2S/c1-25-18-21-16-15(17(24)22-18)13(9-5-7-10(19)8-6-9)14-11(20-16)3-2-4-12(14)23/h5-8,13H,2-4H2,1H3,(H2,20,21,22,24). The van der Waals surface area contributed by atoms with E-state index in [4.69, 9.17) is 11.6 Å². The Balaban J connectivity index is 1.98. The molecule has 0 spiro atoms. The molecule has 0 saturated carbocycles. The molecule has 0 radical (unpaired) electrons. The fourth-order valence-electron chi connectivity index (χ4n) is 3.53. The van der Waals surface area contributed by atoms with Crippen LogP contribution < -0.4 is 10.9 Å². The Morgan fingerprint density at radius 2 is 1.96 bits per heavy atom. The van der Waals surface area contributed by atoms with E-state index in [1.54, 1.807) is 12.1 Å². The maximum Gasteiger partial charge on any atom is 0.257 e. The number of Topliss-reactive ketones (excluding diaryl/α,β-unsaturated/α-hetero) is 1. The van der Waals surface area contributed by atoms with Gasteiger partial charge < -0.3 is 10.3 Å². The molecule has 0 fully saturated rings. The summed E-state index contributed by atoms with van der Waals surface area (Å²) in [5.74, 6) is 0.220. The number of carbonyl (C=O) groups is 1. The highest BCUT2D eigenvalue weighted by Crippen LogP contribution is 2.43. The second-order valence-corrected chi connectivity index (χ2v) is 7.35. The second-order valence-electron chi connectivity index (χ2n) is 6.12. The zero-order valence-corrected chi connectivity index (χ0v) is 15.1. The predicted octanol–water partition coefficient (Wildman–Crippen LogP) is 3.71. The predicted molar refractivity (Wildman–Crippen MR) is 99.4 cm³/mol. The normalized spacial score (nSPS) is 19.3. The first-order chi connectivity index (χ1) is 12.1. The molecule has 1 aliphatic heterocycles. The van der Waals surface area contributed by atoms with E-state index < -0.39 is 5.92 Å². The number of rotatable bonds is 2. The molecule has 2 heterocycles. The summed E-state index contributed by atoms with van der Waals surface area (Å²) < 4.78 is 0. The summed E-state index contributed by atoms with van der Waals surface area (Å²) in [6, 6.07) is 7.31. The number of H-pyrrole nitrogens is 1. The van der Waals surface area contributed by atoms with Gasteiger partial charge in [-0.3, -0.25) is 9.59 Å². The van der Waals surface area contributed by atoms with E-state index in [1.165, 1.54) is 11.8 Å². The van der Waals surface area contributed by atoms with E-state index in [0.717, 1.165) is 24.1 Å². The monoisotopic (exact) mass is 373 g/mol. The van der Waals surface area contributed by atoms with Crippen molar-refractivity contribution in [2.24, 2.45) is 0 Å². The van der Waals surface area contributed by atoms with Crippen molar-refractivity contribution in [3.63, 3.8) is 0 Å². The number of benzene rings is 1. The number of allylic oxidation sites excluding steroid dienone is 2. The average Bonchev–Trinajstić information content (AvgIpc) is 2.61. The number of hydrogen-bond donors (Lipinski definition) is 2. The van der Waals surface area contributed by atoms with E-state index in [-0.39, 0.29) is 11.3 Å². The van der Waals surface area contributed by atoms with Crippen LogP contribution in [0.2, 0.25) is 5.02 Å². The summed E-state index contributed by atoms with van der Waals surface area (Å²) in [6.45, 7) is 0. The van der Waals surface area contributed by atoms with Crippen LogP contribution in [-0.2, 0) is 4.79 Å². The largest absolute Gasteiger partial charge is 0.343 e. The molecule has 25 heavy (non-hydrogen) atoms. The Labute approximate surface area is 153 Å². The van der Waals surface area contributed by atoms with Gasteiger partial charge in [0.1, 0.15) is 5.82 Å². The number of nitrogens with one attached hydrogen (secondary N) is 2. The fraction of sp³-hybridized carbons (Fsp3) is 0.278. The number of ketones is 1.